The van der Waals surface area contributed by atoms with Crippen LogP contribution in [0.25, 0.3) is 0 Å². The van der Waals surface area contributed by atoms with Gasteiger partial charge in [-0.2, -0.15) is 10.6 Å². The summed E-state index contributed by atoms with van der Waals surface area (Å²) in [5.41, 5.74) is 1.09. The summed E-state index contributed by atoms with van der Waals surface area (Å²) in [7, 11) is -3.32. The molecule has 0 bridgehead atoms. The minimum atomic E-state index is -3.32. The van der Waals surface area contributed by atoms with Crippen LogP contribution >= 0.6 is 10.6 Å². The average molecular weight is 552 g/mol. The molecule has 38 heavy (non-hydrogen) atoms. The van der Waals surface area contributed by atoms with Gasteiger partial charge in [-0.25, -0.2) is 4.79 Å². The zero-order valence-electron chi connectivity index (χ0n) is 21.4. The summed E-state index contributed by atoms with van der Waals surface area (Å²) in [6.45, 7) is 4.13. The van der Waals surface area contributed by atoms with Gasteiger partial charge in [0.05, 0.1) is 16.7 Å². The fourth-order valence-corrected chi connectivity index (χ4v) is 7.46. The molecule has 2 aliphatic heterocycles. The number of aliphatic hydroxyl groups is 3. The average Bonchev–Trinajstić information content (AvgIpc) is 3.00. The number of carbonyl (C=O) groups is 1. The smallest absolute Gasteiger partial charge is 0.335 e. The van der Waals surface area contributed by atoms with Crippen LogP contribution < -0.4 is 10.1 Å². The Balaban J connectivity index is 1.74. The molecule has 0 aliphatic carbocycles. The van der Waals surface area contributed by atoms with Crippen LogP contribution in [-0.2, 0) is 9.53 Å². The second kappa shape index (κ2) is 11.5. The van der Waals surface area contributed by atoms with E-state index in [1.807, 2.05) is 37.3 Å². The summed E-state index contributed by atoms with van der Waals surface area (Å²) >= 11 is 0. The van der Waals surface area contributed by atoms with Crippen molar-refractivity contribution in [1.29, 1.82) is 0 Å². The lowest BCUT2D eigenvalue weighted by atomic mass is 9.88. The van der Waals surface area contributed by atoms with Crippen LogP contribution in [0.4, 0.5) is 0 Å². The molecule has 0 saturated carbocycles. The third kappa shape index (κ3) is 5.70. The molecule has 1 fully saturated rings. The first-order chi connectivity index (χ1) is 18.0. The zero-order valence-corrected chi connectivity index (χ0v) is 22.3. The molecule has 4 rings (SSSR count). The van der Waals surface area contributed by atoms with Gasteiger partial charge in [0.2, 0.25) is 6.29 Å². The number of unbranched alkanes of at least 4 members (excludes halogenated alkanes) is 1. The zero-order chi connectivity index (χ0) is 27.7. The molecule has 2 aromatic rings. The molecule has 1 saturated heterocycles. The number of carboxylic acids is 1. The topological polar surface area (TPSA) is 169 Å². The van der Waals surface area contributed by atoms with Gasteiger partial charge in [0.15, 0.2) is 6.10 Å². The van der Waals surface area contributed by atoms with E-state index in [-0.39, 0.29) is 22.4 Å². The van der Waals surface area contributed by atoms with E-state index in [1.165, 1.54) is 6.07 Å². The SMILES string of the molecule is CCCC[C@]1(CC)CS(O)(O)c2cc(O[C@@H]3O[C@H](C(=O)O)[C@@H](O)[C@H](O)[C@H]3O)ccc2[C@@H](c2ccccc2)N1. The van der Waals surface area contributed by atoms with Crippen molar-refractivity contribution in [2.24, 2.45) is 0 Å². The molecule has 0 amide bonds. The van der Waals surface area contributed by atoms with E-state index in [0.717, 1.165) is 24.8 Å². The Hall–Kier alpha value is -2.22. The van der Waals surface area contributed by atoms with Gasteiger partial charge in [-0.3, -0.25) is 14.4 Å². The quantitative estimate of drug-likeness (QED) is 0.259. The Bertz CT molecular complexity index is 1120. The van der Waals surface area contributed by atoms with Crippen LogP contribution in [0.2, 0.25) is 0 Å². The number of aliphatic hydroxyl groups excluding tert-OH is 3. The van der Waals surface area contributed by atoms with E-state index in [0.29, 0.717) is 12.0 Å². The van der Waals surface area contributed by atoms with Crippen LogP contribution in [0, 0.1) is 0 Å². The molecule has 2 aliphatic rings. The van der Waals surface area contributed by atoms with Crippen LogP contribution in [0.3, 0.4) is 0 Å². The van der Waals surface area contributed by atoms with Crippen molar-refractivity contribution in [2.75, 3.05) is 5.75 Å². The first-order valence-electron chi connectivity index (χ1n) is 12.8. The molecule has 7 atom stereocenters. The monoisotopic (exact) mass is 551 g/mol. The fourth-order valence-electron chi connectivity index (χ4n) is 5.23. The number of hydrogen-bond donors (Lipinski definition) is 7. The summed E-state index contributed by atoms with van der Waals surface area (Å²) in [4.78, 5) is 11.7. The maximum absolute atomic E-state index is 11.5. The third-order valence-corrected chi connectivity index (χ3v) is 9.47. The van der Waals surface area contributed by atoms with Crippen molar-refractivity contribution in [3.63, 3.8) is 0 Å². The Morgan fingerprint density at radius 3 is 2.42 bits per heavy atom. The molecule has 11 heteroatoms. The van der Waals surface area contributed by atoms with Crippen LogP contribution in [0.1, 0.15) is 56.7 Å². The lowest BCUT2D eigenvalue weighted by molar-refractivity contribution is -0.271. The number of benzene rings is 2. The first-order valence-corrected chi connectivity index (χ1v) is 14.5. The Labute approximate surface area is 223 Å². The summed E-state index contributed by atoms with van der Waals surface area (Å²) in [6.07, 6.45) is -5.49. The number of rotatable bonds is 8. The summed E-state index contributed by atoms with van der Waals surface area (Å²) in [6, 6.07) is 14.1. The Kier molecular flexibility index (Phi) is 8.70. The van der Waals surface area contributed by atoms with Gasteiger partial charge in [0.1, 0.15) is 24.1 Å². The highest BCUT2D eigenvalue weighted by atomic mass is 32.3. The van der Waals surface area contributed by atoms with E-state index in [9.17, 15) is 34.3 Å². The van der Waals surface area contributed by atoms with Crippen molar-refractivity contribution in [3.8, 4) is 5.75 Å². The van der Waals surface area contributed by atoms with E-state index >= 15 is 0 Å². The molecular formula is C27H37NO9S. The van der Waals surface area contributed by atoms with Crippen LogP contribution in [0.15, 0.2) is 53.4 Å². The predicted molar refractivity (Wildman–Crippen MR) is 141 cm³/mol. The van der Waals surface area contributed by atoms with Gasteiger partial charge >= 0.3 is 5.97 Å². The highest BCUT2D eigenvalue weighted by Crippen LogP contribution is 2.57. The van der Waals surface area contributed by atoms with Gasteiger partial charge in [-0.05, 0) is 30.0 Å². The normalized spacial score (nSPS) is 33.6. The molecule has 0 unspecified atom stereocenters. The largest absolute Gasteiger partial charge is 0.479 e. The maximum atomic E-state index is 11.5. The van der Waals surface area contributed by atoms with Crippen molar-refractivity contribution in [1.82, 2.24) is 5.32 Å². The first kappa shape index (κ1) is 28.8. The van der Waals surface area contributed by atoms with Gasteiger partial charge < -0.3 is 29.9 Å². The van der Waals surface area contributed by atoms with E-state index in [1.54, 1.807) is 12.1 Å². The van der Waals surface area contributed by atoms with Gasteiger partial charge in [-0.15, -0.1) is 0 Å². The van der Waals surface area contributed by atoms with Crippen molar-refractivity contribution in [2.45, 2.75) is 86.7 Å². The second-order valence-electron chi connectivity index (χ2n) is 10.1. The van der Waals surface area contributed by atoms with E-state index in [2.05, 4.69) is 12.2 Å². The molecule has 2 heterocycles. The standard InChI is InChI=1S/C27H37NO9S/c1-3-5-13-27(4-2)15-38(34,35)19-14-17(11-12-18(19)20(28-27)16-9-7-6-8-10-16)36-26-23(31)21(29)22(30)24(37-26)25(32)33/h6-12,14,20-24,26,28-31,34-35H,3-5,13,15H2,1-2H3,(H,32,33)/t20-,21+,22+,23-,24+,26-,27-/m1/s1. The van der Waals surface area contributed by atoms with E-state index in [4.69, 9.17) is 9.47 Å². The minimum Gasteiger partial charge on any atom is -0.479 e. The molecular weight excluding hydrogens is 514 g/mol. The minimum absolute atomic E-state index is 0.0878. The van der Waals surface area contributed by atoms with Crippen LogP contribution in [-0.4, -0.2) is 77.5 Å². The number of hydrogen-bond acceptors (Lipinski definition) is 9. The molecule has 2 aromatic carbocycles. The summed E-state index contributed by atoms with van der Waals surface area (Å²) in [5.74, 6) is -1.33. The summed E-state index contributed by atoms with van der Waals surface area (Å²) in [5, 5.41) is 43.5. The van der Waals surface area contributed by atoms with Gasteiger partial charge in [0.25, 0.3) is 0 Å². The number of fused-ring (bicyclic) bond motifs is 1. The number of ether oxygens (including phenoxy) is 2. The van der Waals surface area contributed by atoms with Crippen LogP contribution in [0.5, 0.6) is 5.75 Å². The van der Waals surface area contributed by atoms with E-state index < -0.39 is 52.8 Å². The highest BCUT2D eigenvalue weighted by molar-refractivity contribution is 8.24. The predicted octanol–water partition coefficient (Wildman–Crippen LogP) is 3.10. The molecule has 10 nitrogen and oxygen atoms in total. The maximum Gasteiger partial charge on any atom is 0.335 e. The number of nitrogens with one attached hydrogen (secondary N) is 1. The third-order valence-electron chi connectivity index (χ3n) is 7.46. The second-order valence-corrected chi connectivity index (χ2v) is 12.2. The molecule has 7 N–H and O–H groups in total. The lowest BCUT2D eigenvalue weighted by Crippen LogP contribution is -2.61. The number of aliphatic carboxylic acids is 1. The molecule has 0 spiro atoms. The molecule has 210 valence electrons. The Morgan fingerprint density at radius 2 is 1.79 bits per heavy atom. The fraction of sp³-hybridized carbons (Fsp3) is 0.519. The highest BCUT2D eigenvalue weighted by Gasteiger charge is 2.48. The van der Waals surface area contributed by atoms with Crippen molar-refractivity contribution < 1.29 is 43.8 Å². The molecule has 0 aromatic heterocycles. The summed E-state index contributed by atoms with van der Waals surface area (Å²) < 4.78 is 34.0. The van der Waals surface area contributed by atoms with Crippen molar-refractivity contribution in [3.05, 3.63) is 59.7 Å². The lowest BCUT2D eigenvalue weighted by Gasteiger charge is -2.42. The number of carboxylic acid groups (broad SMARTS) is 1. The van der Waals surface area contributed by atoms with Gasteiger partial charge in [0, 0.05) is 11.6 Å². The van der Waals surface area contributed by atoms with Crippen molar-refractivity contribution >= 4 is 16.6 Å². The Morgan fingerprint density at radius 1 is 1.08 bits per heavy atom. The molecule has 0 radical (unpaired) electrons. The van der Waals surface area contributed by atoms with Gasteiger partial charge in [-0.1, -0.05) is 63.1 Å².